The zero-order chi connectivity index (χ0) is 21.7. The van der Waals surface area contributed by atoms with Gasteiger partial charge >= 0.3 is 5.97 Å². The van der Waals surface area contributed by atoms with Gasteiger partial charge in [-0.2, -0.15) is 0 Å². The van der Waals surface area contributed by atoms with E-state index >= 15 is 0 Å². The van der Waals surface area contributed by atoms with Crippen LogP contribution in [0, 0.1) is 46.3 Å². The standard InChI is InChI=1S/C26H44O4/c1-5-30-24(29)11-6-16(2)20-9-10-21-19-8-7-17-14-18(27)12-13-25(17,3)22(19)15-23(28)26(20,21)4/h16-23,27-28H,5-15H2,1-4H3/t16-,17+,18-,19+,20-,21-,22-,23+,25+,26-/m1/s1. The number of carbonyl (C=O) groups is 1. The van der Waals surface area contributed by atoms with Crippen LogP contribution in [0.1, 0.15) is 91.9 Å². The molecule has 0 aromatic heterocycles. The predicted octanol–water partition coefficient (Wildman–Crippen LogP) is 4.96. The summed E-state index contributed by atoms with van der Waals surface area (Å²) in [5.74, 6) is 3.39. The van der Waals surface area contributed by atoms with E-state index in [1.165, 1.54) is 25.7 Å². The highest BCUT2D eigenvalue weighted by atomic mass is 16.5. The lowest BCUT2D eigenvalue weighted by Crippen LogP contribution is -2.58. The van der Waals surface area contributed by atoms with Crippen LogP contribution in [0.4, 0.5) is 0 Å². The molecule has 0 saturated heterocycles. The Hall–Kier alpha value is -0.610. The summed E-state index contributed by atoms with van der Waals surface area (Å²) in [6.07, 6.45) is 9.88. The van der Waals surface area contributed by atoms with E-state index in [0.717, 1.165) is 38.0 Å². The van der Waals surface area contributed by atoms with E-state index in [1.807, 2.05) is 6.92 Å². The number of ether oxygens (including phenoxy) is 1. The van der Waals surface area contributed by atoms with Gasteiger partial charge in [0.2, 0.25) is 0 Å². The van der Waals surface area contributed by atoms with Crippen molar-refractivity contribution in [1.82, 2.24) is 0 Å². The normalized spacial score (nSPS) is 48.9. The quantitative estimate of drug-likeness (QED) is 0.617. The molecular weight excluding hydrogens is 376 g/mol. The Morgan fingerprint density at radius 2 is 1.83 bits per heavy atom. The zero-order valence-corrected chi connectivity index (χ0v) is 19.6. The van der Waals surface area contributed by atoms with Crippen molar-refractivity contribution in [1.29, 1.82) is 0 Å². The molecule has 30 heavy (non-hydrogen) atoms. The van der Waals surface area contributed by atoms with Crippen molar-refractivity contribution in [3.63, 3.8) is 0 Å². The minimum absolute atomic E-state index is 0.0212. The highest BCUT2D eigenvalue weighted by molar-refractivity contribution is 5.69. The summed E-state index contributed by atoms with van der Waals surface area (Å²) in [7, 11) is 0. The minimum atomic E-state index is -0.247. The molecule has 4 saturated carbocycles. The smallest absolute Gasteiger partial charge is 0.305 e. The number of carbonyl (C=O) groups excluding carboxylic acids is 1. The number of hydrogen-bond acceptors (Lipinski definition) is 4. The molecule has 0 spiro atoms. The highest BCUT2D eigenvalue weighted by Gasteiger charge is 2.63. The summed E-state index contributed by atoms with van der Waals surface area (Å²) < 4.78 is 5.14. The van der Waals surface area contributed by atoms with Crippen LogP contribution in [0.2, 0.25) is 0 Å². The van der Waals surface area contributed by atoms with Crippen molar-refractivity contribution in [3.05, 3.63) is 0 Å². The lowest BCUT2D eigenvalue weighted by atomic mass is 9.43. The van der Waals surface area contributed by atoms with Gasteiger partial charge in [-0.15, -0.1) is 0 Å². The van der Waals surface area contributed by atoms with Crippen molar-refractivity contribution < 1.29 is 19.7 Å². The second kappa shape index (κ2) is 8.39. The highest BCUT2D eigenvalue weighted by Crippen LogP contribution is 2.68. The van der Waals surface area contributed by atoms with Gasteiger partial charge in [0.05, 0.1) is 18.8 Å². The van der Waals surface area contributed by atoms with Gasteiger partial charge in [0.25, 0.3) is 0 Å². The van der Waals surface area contributed by atoms with Gasteiger partial charge in [-0.3, -0.25) is 4.79 Å². The molecule has 0 aliphatic heterocycles. The maximum Gasteiger partial charge on any atom is 0.305 e. The van der Waals surface area contributed by atoms with Crippen LogP contribution in [0.15, 0.2) is 0 Å². The van der Waals surface area contributed by atoms with Crippen LogP contribution in [-0.2, 0) is 9.53 Å². The second-order valence-corrected chi connectivity index (χ2v) is 11.7. The van der Waals surface area contributed by atoms with Crippen LogP contribution in [-0.4, -0.2) is 35.0 Å². The third-order valence-electron chi connectivity index (χ3n) is 10.6. The maximum atomic E-state index is 11.9. The van der Waals surface area contributed by atoms with E-state index in [2.05, 4.69) is 20.8 Å². The van der Waals surface area contributed by atoms with Crippen molar-refractivity contribution in [3.8, 4) is 0 Å². The van der Waals surface area contributed by atoms with Gasteiger partial charge in [-0.1, -0.05) is 20.8 Å². The molecule has 4 nitrogen and oxygen atoms in total. The van der Waals surface area contributed by atoms with Gasteiger partial charge < -0.3 is 14.9 Å². The molecule has 0 aromatic rings. The number of aliphatic hydroxyl groups is 2. The van der Waals surface area contributed by atoms with Crippen molar-refractivity contribution >= 4 is 5.97 Å². The average molecular weight is 421 g/mol. The fourth-order valence-corrected chi connectivity index (χ4v) is 8.94. The van der Waals surface area contributed by atoms with Crippen molar-refractivity contribution in [2.24, 2.45) is 46.3 Å². The third-order valence-corrected chi connectivity index (χ3v) is 10.6. The zero-order valence-electron chi connectivity index (χ0n) is 19.6. The average Bonchev–Trinajstić information content (AvgIpc) is 3.07. The first-order chi connectivity index (χ1) is 14.2. The molecule has 0 bridgehead atoms. The molecule has 2 N–H and O–H groups in total. The molecule has 0 radical (unpaired) electrons. The number of esters is 1. The summed E-state index contributed by atoms with van der Waals surface area (Å²) in [6.45, 7) is 9.45. The number of rotatable bonds is 5. The van der Waals surface area contributed by atoms with Crippen molar-refractivity contribution in [2.75, 3.05) is 6.61 Å². The third kappa shape index (κ3) is 3.54. The lowest BCUT2D eigenvalue weighted by Gasteiger charge is -2.62. The van der Waals surface area contributed by atoms with E-state index in [9.17, 15) is 15.0 Å². The fraction of sp³-hybridized carbons (Fsp3) is 0.962. The molecule has 4 fully saturated rings. The van der Waals surface area contributed by atoms with E-state index in [1.54, 1.807) is 0 Å². The Balaban J connectivity index is 1.50. The van der Waals surface area contributed by atoms with E-state index < -0.39 is 0 Å². The molecule has 10 atom stereocenters. The molecule has 0 aromatic carbocycles. The largest absolute Gasteiger partial charge is 0.466 e. The summed E-state index contributed by atoms with van der Waals surface area (Å²) in [5, 5.41) is 21.8. The first-order valence-electron chi connectivity index (χ1n) is 12.7. The first kappa shape index (κ1) is 22.6. The number of hydrogen-bond donors (Lipinski definition) is 2. The topological polar surface area (TPSA) is 66.8 Å². The minimum Gasteiger partial charge on any atom is -0.466 e. The Morgan fingerprint density at radius 3 is 2.57 bits per heavy atom. The summed E-state index contributed by atoms with van der Waals surface area (Å²) in [5.41, 5.74) is 0.269. The Bertz CT molecular complexity index is 635. The van der Waals surface area contributed by atoms with E-state index in [0.29, 0.717) is 42.6 Å². The van der Waals surface area contributed by atoms with Crippen LogP contribution in [0.25, 0.3) is 0 Å². The summed E-state index contributed by atoms with van der Waals surface area (Å²) >= 11 is 0. The molecule has 4 aliphatic rings. The SMILES string of the molecule is CCOC(=O)CC[C@@H](C)[C@H]1CC[C@@H]2[C@@H]3CC[C@H]4C[C@H](O)CC[C@]4(C)[C@@H]3C[C@H](O)[C@@]21C. The Morgan fingerprint density at radius 1 is 1.07 bits per heavy atom. The molecule has 4 rings (SSSR count). The molecule has 0 heterocycles. The number of fused-ring (bicyclic) bond motifs is 5. The van der Waals surface area contributed by atoms with Crippen LogP contribution in [0.3, 0.4) is 0 Å². The lowest BCUT2D eigenvalue weighted by molar-refractivity contribution is -0.175. The van der Waals surface area contributed by atoms with Crippen LogP contribution < -0.4 is 0 Å². The number of aliphatic hydroxyl groups excluding tert-OH is 2. The molecule has 0 unspecified atom stereocenters. The maximum absolute atomic E-state index is 11.9. The van der Waals surface area contributed by atoms with E-state index in [-0.39, 0.29) is 29.0 Å². The molecule has 4 heteroatoms. The van der Waals surface area contributed by atoms with Gasteiger partial charge in [-0.25, -0.2) is 0 Å². The van der Waals surface area contributed by atoms with E-state index in [4.69, 9.17) is 4.74 Å². The Kier molecular flexibility index (Phi) is 6.31. The summed E-state index contributed by atoms with van der Waals surface area (Å²) in [6, 6.07) is 0. The Labute approximate surface area is 183 Å². The van der Waals surface area contributed by atoms with Gasteiger partial charge in [0.1, 0.15) is 0 Å². The van der Waals surface area contributed by atoms with Crippen LogP contribution in [0.5, 0.6) is 0 Å². The predicted molar refractivity (Wildman–Crippen MR) is 118 cm³/mol. The molecular formula is C26H44O4. The first-order valence-corrected chi connectivity index (χ1v) is 12.7. The monoisotopic (exact) mass is 420 g/mol. The molecule has 172 valence electrons. The fourth-order valence-electron chi connectivity index (χ4n) is 8.94. The van der Waals surface area contributed by atoms with Gasteiger partial charge in [0, 0.05) is 6.42 Å². The second-order valence-electron chi connectivity index (χ2n) is 11.7. The van der Waals surface area contributed by atoms with Gasteiger partial charge in [0.15, 0.2) is 0 Å². The van der Waals surface area contributed by atoms with Crippen molar-refractivity contribution in [2.45, 2.75) is 104 Å². The summed E-state index contributed by atoms with van der Waals surface area (Å²) in [4.78, 5) is 11.9. The molecule has 0 amide bonds. The van der Waals surface area contributed by atoms with Gasteiger partial charge in [-0.05, 0) is 111 Å². The molecule has 4 aliphatic carbocycles. The van der Waals surface area contributed by atoms with Crippen LogP contribution >= 0.6 is 0 Å².